The fourth-order valence-electron chi connectivity index (χ4n) is 8.06. The molecule has 3 aromatic heterocycles. The minimum Gasteiger partial charge on any atom is -0.507 e. The van der Waals surface area contributed by atoms with Crippen molar-refractivity contribution in [3.05, 3.63) is 76.4 Å². The van der Waals surface area contributed by atoms with Crippen LogP contribution in [0.25, 0.3) is 11.8 Å². The molecule has 4 aromatic rings. The van der Waals surface area contributed by atoms with Gasteiger partial charge in [-0.2, -0.15) is 0 Å². The number of ether oxygens (including phenoxy) is 1. The van der Waals surface area contributed by atoms with Gasteiger partial charge in [-0.1, -0.05) is 39.8 Å². The summed E-state index contributed by atoms with van der Waals surface area (Å²) in [4.78, 5) is 29.3. The van der Waals surface area contributed by atoms with E-state index < -0.39 is 0 Å². The molecule has 1 unspecified atom stereocenters. The fourth-order valence-corrected chi connectivity index (χ4v) is 8.06. The van der Waals surface area contributed by atoms with E-state index in [-0.39, 0.29) is 17.6 Å². The van der Waals surface area contributed by atoms with Crippen molar-refractivity contribution in [2.24, 2.45) is 17.6 Å². The van der Waals surface area contributed by atoms with Crippen molar-refractivity contribution in [2.75, 3.05) is 44.0 Å². The summed E-state index contributed by atoms with van der Waals surface area (Å²) in [5.41, 5.74) is 18.1. The Morgan fingerprint density at radius 2 is 1.75 bits per heavy atom. The van der Waals surface area contributed by atoms with Gasteiger partial charge in [-0.15, -0.1) is 0 Å². The number of aliphatic hydroxyl groups excluding tert-OH is 1. The average molecular weight is 757 g/mol. The number of anilines is 2. The predicted molar refractivity (Wildman–Crippen MR) is 217 cm³/mol. The number of aromatic hydroxyl groups is 1. The summed E-state index contributed by atoms with van der Waals surface area (Å²) in [6, 6.07) is 9.43. The van der Waals surface area contributed by atoms with Crippen LogP contribution in [0.15, 0.2) is 47.2 Å². The second-order valence-electron chi connectivity index (χ2n) is 14.8. The predicted octanol–water partition coefficient (Wildman–Crippen LogP) is 6.49. The maximum absolute atomic E-state index is 11.4. The minimum absolute atomic E-state index is 0.136. The SMILES string of the molecule is CC.CC(C)C(C=O)c1cc(OCC2CCC(N3CCC(c4cnc(N5CCc6[nH]c(N)c(/C=C(\N)c7ccccc7O)c6C5)nc4)CC3)CC2)no1.CO. The molecular weight excluding hydrogens is 697 g/mol. The number of H-pyrrole nitrogens is 1. The smallest absolute Gasteiger partial charge is 0.254 e. The lowest BCUT2D eigenvalue weighted by Crippen LogP contribution is -2.43. The van der Waals surface area contributed by atoms with Gasteiger partial charge in [0.15, 0.2) is 5.76 Å². The lowest BCUT2D eigenvalue weighted by atomic mass is 9.83. The highest BCUT2D eigenvalue weighted by molar-refractivity contribution is 5.86. The molecule has 3 aliphatic rings. The quantitative estimate of drug-likeness (QED) is 0.105. The standard InChI is InChI=1S/C39H50N8O4.C2H6.CH4O/c1-24(2)32(22-48)36-18-37(45-51-36)50-23-25-7-9-28(10-8-25)46-14-11-26(12-15-46)27-19-42-39(43-20-27)47-16-13-34-31(21-47)30(38(41)44-34)17-33(40)29-5-3-4-6-35(29)49;2*1-2/h3-6,17-20,22,24-26,28,32,44,49H,7-16,21,23,40-41H2,1-2H3;1-2H3;2H,1H3/b33-17-;;. The number of nitrogens with two attached hydrogens (primary N) is 2. The first-order valence-corrected chi connectivity index (χ1v) is 19.8. The molecule has 0 spiro atoms. The van der Waals surface area contributed by atoms with Crippen molar-refractivity contribution < 1.29 is 24.3 Å². The number of aromatic nitrogens is 4. The summed E-state index contributed by atoms with van der Waals surface area (Å²) in [7, 11) is 1.00. The van der Waals surface area contributed by atoms with Gasteiger partial charge >= 0.3 is 0 Å². The first-order valence-electron chi connectivity index (χ1n) is 19.8. The van der Waals surface area contributed by atoms with Crippen LogP contribution in [0.5, 0.6) is 11.6 Å². The van der Waals surface area contributed by atoms with Gasteiger partial charge in [-0.25, -0.2) is 9.97 Å². The number of aromatic amines is 1. The zero-order valence-electron chi connectivity index (χ0n) is 33.1. The van der Waals surface area contributed by atoms with Gasteiger partial charge < -0.3 is 50.5 Å². The lowest BCUT2D eigenvalue weighted by Gasteiger charge is -2.40. The van der Waals surface area contributed by atoms with E-state index in [1.54, 1.807) is 24.3 Å². The van der Waals surface area contributed by atoms with Gasteiger partial charge in [0.25, 0.3) is 5.88 Å². The number of carbonyl (C=O) groups is 1. The minimum atomic E-state index is -0.294. The Hall–Kier alpha value is -4.88. The van der Waals surface area contributed by atoms with E-state index in [1.807, 2.05) is 52.2 Å². The fraction of sp³-hybridized carbons (Fsp3) is 0.524. The topological polar surface area (TPSA) is 193 Å². The second kappa shape index (κ2) is 19.6. The third-order valence-corrected chi connectivity index (χ3v) is 11.2. The van der Waals surface area contributed by atoms with Crippen LogP contribution in [0.3, 0.4) is 0 Å². The van der Waals surface area contributed by atoms with E-state index in [9.17, 15) is 9.90 Å². The van der Waals surface area contributed by atoms with Crippen molar-refractivity contribution in [3.63, 3.8) is 0 Å². The molecule has 0 radical (unpaired) electrons. The summed E-state index contributed by atoms with van der Waals surface area (Å²) in [6.45, 7) is 12.2. The van der Waals surface area contributed by atoms with Gasteiger partial charge in [0, 0.05) is 79.2 Å². The molecule has 5 heterocycles. The number of phenols is 1. The number of hydrogen-bond acceptors (Lipinski definition) is 12. The van der Waals surface area contributed by atoms with Crippen LogP contribution in [0.2, 0.25) is 0 Å². The number of piperidine rings is 1. The van der Waals surface area contributed by atoms with Crippen molar-refractivity contribution in [3.8, 4) is 11.6 Å². The Balaban J connectivity index is 0.00000140. The van der Waals surface area contributed by atoms with Crippen molar-refractivity contribution in [1.82, 2.24) is 25.0 Å². The first-order chi connectivity index (χ1) is 26.8. The normalized spacial score (nSPS) is 19.8. The molecule has 0 amide bonds. The Morgan fingerprint density at radius 1 is 1.05 bits per heavy atom. The number of rotatable bonds is 11. The van der Waals surface area contributed by atoms with Crippen LogP contribution in [-0.2, 0) is 17.8 Å². The molecule has 1 atom stereocenters. The monoisotopic (exact) mass is 756 g/mol. The third kappa shape index (κ3) is 9.87. The highest BCUT2D eigenvalue weighted by Gasteiger charge is 2.31. The van der Waals surface area contributed by atoms with Crippen LogP contribution in [0.4, 0.5) is 11.8 Å². The molecule has 0 bridgehead atoms. The van der Waals surface area contributed by atoms with Crippen molar-refractivity contribution in [2.45, 2.75) is 97.1 Å². The molecule has 1 saturated heterocycles. The number of fused-ring (bicyclic) bond motifs is 1. The molecule has 2 aliphatic heterocycles. The van der Waals surface area contributed by atoms with Crippen molar-refractivity contribution >= 4 is 29.8 Å². The van der Waals surface area contributed by atoms with E-state index in [2.05, 4.69) is 19.9 Å². The van der Waals surface area contributed by atoms with E-state index in [4.69, 9.17) is 35.8 Å². The number of nitrogen functional groups attached to an aromatic ring is 1. The molecule has 1 saturated carbocycles. The summed E-state index contributed by atoms with van der Waals surface area (Å²) >= 11 is 0. The number of nitrogens with one attached hydrogen (secondary N) is 1. The Bertz CT molecular complexity index is 1820. The van der Waals surface area contributed by atoms with E-state index in [0.29, 0.717) is 59.7 Å². The number of nitrogens with zero attached hydrogens (tertiary/aromatic N) is 5. The van der Waals surface area contributed by atoms with Gasteiger partial charge in [0.2, 0.25) is 5.95 Å². The number of likely N-dealkylation sites (tertiary alicyclic amines) is 1. The van der Waals surface area contributed by atoms with E-state index >= 15 is 0 Å². The number of para-hydroxylation sites is 1. The third-order valence-electron chi connectivity index (χ3n) is 11.2. The molecule has 13 nitrogen and oxygen atoms in total. The Kier molecular flexibility index (Phi) is 14.7. The van der Waals surface area contributed by atoms with Gasteiger partial charge in [-0.05, 0) is 98.3 Å². The highest BCUT2D eigenvalue weighted by atomic mass is 16.5. The van der Waals surface area contributed by atoms with Crippen LogP contribution >= 0.6 is 0 Å². The summed E-state index contributed by atoms with van der Waals surface area (Å²) < 4.78 is 11.4. The van der Waals surface area contributed by atoms with E-state index in [1.165, 1.54) is 18.4 Å². The highest BCUT2D eigenvalue weighted by Crippen LogP contribution is 2.36. The summed E-state index contributed by atoms with van der Waals surface area (Å²) in [5, 5.41) is 21.3. The second-order valence-corrected chi connectivity index (χ2v) is 14.8. The summed E-state index contributed by atoms with van der Waals surface area (Å²) in [6.07, 6.45) is 14.5. The largest absolute Gasteiger partial charge is 0.507 e. The number of phenolic OH excluding ortho intramolecular Hbond substituents is 1. The zero-order chi connectivity index (χ0) is 39.5. The van der Waals surface area contributed by atoms with Crippen molar-refractivity contribution in [1.29, 1.82) is 0 Å². The molecule has 298 valence electrons. The van der Waals surface area contributed by atoms with Crippen LogP contribution < -0.4 is 21.1 Å². The Morgan fingerprint density at radius 3 is 2.40 bits per heavy atom. The number of aliphatic hydroxyl groups is 1. The molecule has 1 aliphatic carbocycles. The van der Waals surface area contributed by atoms with E-state index in [0.717, 1.165) is 87.9 Å². The number of aldehydes is 1. The van der Waals surface area contributed by atoms with Gasteiger partial charge in [-0.3, -0.25) is 0 Å². The average Bonchev–Trinajstić information content (AvgIpc) is 3.82. The maximum atomic E-state index is 11.4. The number of carbonyl (C=O) groups excluding carboxylic acids is 1. The van der Waals surface area contributed by atoms with Crippen LogP contribution in [0.1, 0.15) is 112 Å². The van der Waals surface area contributed by atoms with Crippen LogP contribution in [-0.4, -0.2) is 80.9 Å². The number of benzene rings is 1. The zero-order valence-corrected chi connectivity index (χ0v) is 33.1. The van der Waals surface area contributed by atoms with Crippen LogP contribution in [0, 0.1) is 11.8 Å². The Labute approximate surface area is 325 Å². The van der Waals surface area contributed by atoms with Gasteiger partial charge in [0.05, 0.1) is 12.5 Å². The maximum Gasteiger partial charge on any atom is 0.254 e. The molecule has 1 aromatic carbocycles. The number of hydrogen-bond donors (Lipinski definition) is 5. The lowest BCUT2D eigenvalue weighted by molar-refractivity contribution is -0.110. The first kappa shape index (κ1) is 41.3. The molecular formula is C42H60N8O5. The van der Waals surface area contributed by atoms with Gasteiger partial charge in [0.1, 0.15) is 17.9 Å². The molecule has 7 N–H and O–H groups in total. The molecule has 13 heteroatoms. The summed E-state index contributed by atoms with van der Waals surface area (Å²) in [5.74, 6) is 3.31. The molecule has 55 heavy (non-hydrogen) atoms. The molecule has 7 rings (SSSR count). The molecule has 2 fully saturated rings.